The van der Waals surface area contributed by atoms with E-state index in [4.69, 9.17) is 5.11 Å². The zero-order valence-electron chi connectivity index (χ0n) is 11.5. The number of carboxylic acid groups (broad SMARTS) is 1. The zero-order chi connectivity index (χ0) is 15.3. The highest BCUT2D eigenvalue weighted by atomic mass is 127. The van der Waals surface area contributed by atoms with Gasteiger partial charge in [-0.15, -0.1) is 0 Å². The number of thioether (sulfide) groups is 1. The predicted octanol–water partition coefficient (Wildman–Crippen LogP) is 3.25. The van der Waals surface area contributed by atoms with Crippen LogP contribution in [0.1, 0.15) is 24.2 Å². The van der Waals surface area contributed by atoms with Crippen molar-refractivity contribution in [3.8, 4) is 0 Å². The predicted molar refractivity (Wildman–Crippen MR) is 90.7 cm³/mol. The van der Waals surface area contributed by atoms with Gasteiger partial charge in [0.2, 0.25) is 0 Å². The number of carboxylic acids is 1. The van der Waals surface area contributed by atoms with Crippen LogP contribution in [0.25, 0.3) is 0 Å². The molecule has 0 saturated heterocycles. The van der Waals surface area contributed by atoms with Gasteiger partial charge in [-0.25, -0.2) is 9.59 Å². The number of nitrogens with one attached hydrogen (secondary N) is 2. The molecule has 0 radical (unpaired) electrons. The Labute approximate surface area is 136 Å². The molecule has 0 unspecified atom stereocenters. The van der Waals surface area contributed by atoms with Crippen molar-refractivity contribution < 1.29 is 14.7 Å². The van der Waals surface area contributed by atoms with Crippen molar-refractivity contribution in [1.29, 1.82) is 0 Å². The maximum atomic E-state index is 11.8. The number of hydrogen-bond donors (Lipinski definition) is 3. The molecule has 110 valence electrons. The number of aromatic carboxylic acids is 1. The van der Waals surface area contributed by atoms with Crippen molar-refractivity contribution in [3.05, 3.63) is 27.3 Å². The van der Waals surface area contributed by atoms with Crippen LogP contribution in [0, 0.1) is 3.57 Å². The first-order chi connectivity index (χ1) is 9.25. The van der Waals surface area contributed by atoms with Crippen molar-refractivity contribution in [2.45, 2.75) is 18.6 Å². The summed E-state index contributed by atoms with van der Waals surface area (Å²) in [6.07, 6.45) is 1.97. The summed E-state index contributed by atoms with van der Waals surface area (Å²) < 4.78 is 0.730. The minimum Gasteiger partial charge on any atom is -0.478 e. The fourth-order valence-electron chi connectivity index (χ4n) is 1.33. The molecule has 1 aromatic carbocycles. The summed E-state index contributed by atoms with van der Waals surface area (Å²) in [6.45, 7) is 4.53. The number of hydrogen-bond acceptors (Lipinski definition) is 3. The number of halogens is 1. The van der Waals surface area contributed by atoms with E-state index < -0.39 is 12.0 Å². The topological polar surface area (TPSA) is 78.4 Å². The average molecular weight is 408 g/mol. The molecule has 0 aliphatic carbocycles. The highest BCUT2D eigenvalue weighted by molar-refractivity contribution is 14.1. The van der Waals surface area contributed by atoms with Gasteiger partial charge in [-0.05, 0) is 60.9 Å². The highest BCUT2D eigenvalue weighted by Gasteiger charge is 2.18. The Morgan fingerprint density at radius 1 is 1.40 bits per heavy atom. The van der Waals surface area contributed by atoms with E-state index in [2.05, 4.69) is 10.6 Å². The first-order valence-electron chi connectivity index (χ1n) is 5.88. The fourth-order valence-corrected chi connectivity index (χ4v) is 2.04. The molecule has 5 nitrogen and oxygen atoms in total. The van der Waals surface area contributed by atoms with Gasteiger partial charge < -0.3 is 15.7 Å². The number of rotatable bonds is 5. The van der Waals surface area contributed by atoms with Crippen LogP contribution in [0.15, 0.2) is 18.2 Å². The van der Waals surface area contributed by atoms with E-state index in [1.165, 1.54) is 6.07 Å². The summed E-state index contributed by atoms with van der Waals surface area (Å²) in [5, 5.41) is 14.4. The second-order valence-electron chi connectivity index (χ2n) is 4.77. The molecular weight excluding hydrogens is 391 g/mol. The molecule has 20 heavy (non-hydrogen) atoms. The Balaban J connectivity index is 2.74. The van der Waals surface area contributed by atoms with Crippen LogP contribution in [-0.4, -0.2) is 34.7 Å². The fraction of sp³-hybridized carbons (Fsp3) is 0.385. The molecule has 0 spiro atoms. The molecule has 0 bridgehead atoms. The lowest BCUT2D eigenvalue weighted by Crippen LogP contribution is -2.38. The molecule has 0 saturated carbocycles. The SMILES string of the molecule is CSC(C)(C)CNC(=O)Nc1ccc(I)cc1C(=O)O. The monoisotopic (exact) mass is 408 g/mol. The summed E-state index contributed by atoms with van der Waals surface area (Å²) >= 11 is 3.67. The molecule has 0 aliphatic rings. The molecule has 1 aromatic rings. The molecule has 7 heteroatoms. The second kappa shape index (κ2) is 7.16. The summed E-state index contributed by atoms with van der Waals surface area (Å²) in [7, 11) is 0. The summed E-state index contributed by atoms with van der Waals surface area (Å²) in [5.41, 5.74) is 0.369. The first-order valence-corrected chi connectivity index (χ1v) is 8.18. The molecule has 1 rings (SSSR count). The van der Waals surface area contributed by atoms with Crippen molar-refractivity contribution in [2.24, 2.45) is 0 Å². The van der Waals surface area contributed by atoms with Crippen molar-refractivity contribution in [1.82, 2.24) is 5.32 Å². The molecular formula is C13H17IN2O3S. The van der Waals surface area contributed by atoms with E-state index in [0.717, 1.165) is 3.57 Å². The molecule has 0 heterocycles. The maximum Gasteiger partial charge on any atom is 0.337 e. The van der Waals surface area contributed by atoms with Crippen molar-refractivity contribution >= 4 is 52.0 Å². The minimum atomic E-state index is -1.07. The number of carbonyl (C=O) groups excluding carboxylic acids is 1. The lowest BCUT2D eigenvalue weighted by Gasteiger charge is -2.22. The first kappa shape index (κ1) is 17.1. The number of urea groups is 1. The van der Waals surface area contributed by atoms with E-state index in [0.29, 0.717) is 6.54 Å². The second-order valence-corrected chi connectivity index (χ2v) is 7.53. The lowest BCUT2D eigenvalue weighted by atomic mass is 10.2. The Hall–Kier alpha value is -0.960. The van der Waals surface area contributed by atoms with Gasteiger partial charge in [0.25, 0.3) is 0 Å². The molecule has 0 fully saturated rings. The number of anilines is 1. The van der Waals surface area contributed by atoms with E-state index in [-0.39, 0.29) is 16.0 Å². The minimum absolute atomic E-state index is 0.0704. The molecule has 0 aliphatic heterocycles. The van der Waals surface area contributed by atoms with Gasteiger partial charge >= 0.3 is 12.0 Å². The van der Waals surface area contributed by atoms with Crippen LogP contribution < -0.4 is 10.6 Å². The van der Waals surface area contributed by atoms with Crippen molar-refractivity contribution in [2.75, 3.05) is 18.1 Å². The zero-order valence-corrected chi connectivity index (χ0v) is 14.5. The third kappa shape index (κ3) is 5.20. The van der Waals surface area contributed by atoms with Crippen LogP contribution in [0.5, 0.6) is 0 Å². The number of benzene rings is 1. The average Bonchev–Trinajstić information content (AvgIpc) is 2.38. The Kier molecular flexibility index (Phi) is 6.12. The Bertz CT molecular complexity index is 520. The number of amides is 2. The Morgan fingerprint density at radius 2 is 2.05 bits per heavy atom. The molecule has 3 N–H and O–H groups in total. The standard InChI is InChI=1S/C13H17IN2O3S/c1-13(2,20-3)7-15-12(19)16-10-5-4-8(14)6-9(10)11(17)18/h4-6H,7H2,1-3H3,(H,17,18)(H2,15,16,19). The smallest absolute Gasteiger partial charge is 0.337 e. The molecule has 2 amide bonds. The third-order valence-electron chi connectivity index (χ3n) is 2.69. The van der Waals surface area contributed by atoms with Gasteiger partial charge in [-0.2, -0.15) is 11.8 Å². The van der Waals surface area contributed by atoms with Gasteiger partial charge in [0.1, 0.15) is 0 Å². The van der Waals surface area contributed by atoms with Gasteiger partial charge in [-0.3, -0.25) is 0 Å². The van der Waals surface area contributed by atoms with E-state index in [9.17, 15) is 9.59 Å². The maximum absolute atomic E-state index is 11.8. The Morgan fingerprint density at radius 3 is 2.60 bits per heavy atom. The van der Waals surface area contributed by atoms with Crippen LogP contribution in [0.3, 0.4) is 0 Å². The van der Waals surface area contributed by atoms with E-state index in [1.807, 2.05) is 42.7 Å². The van der Waals surface area contributed by atoms with Crippen LogP contribution in [0.4, 0.5) is 10.5 Å². The summed E-state index contributed by atoms with van der Waals surface area (Å²) in [5.74, 6) is -1.07. The largest absolute Gasteiger partial charge is 0.478 e. The summed E-state index contributed by atoms with van der Waals surface area (Å²) in [6, 6.07) is 4.44. The normalized spacial score (nSPS) is 11.0. The van der Waals surface area contributed by atoms with Crippen LogP contribution >= 0.6 is 34.4 Å². The van der Waals surface area contributed by atoms with Gasteiger partial charge in [-0.1, -0.05) is 0 Å². The molecule has 0 atom stereocenters. The third-order valence-corrected chi connectivity index (χ3v) is 4.61. The van der Waals surface area contributed by atoms with Gasteiger partial charge in [0.05, 0.1) is 11.3 Å². The van der Waals surface area contributed by atoms with Crippen LogP contribution in [-0.2, 0) is 0 Å². The molecule has 0 aromatic heterocycles. The van der Waals surface area contributed by atoms with E-state index >= 15 is 0 Å². The van der Waals surface area contributed by atoms with Crippen molar-refractivity contribution in [3.63, 3.8) is 0 Å². The lowest BCUT2D eigenvalue weighted by molar-refractivity contribution is 0.0698. The van der Waals surface area contributed by atoms with Gasteiger partial charge in [0, 0.05) is 14.9 Å². The van der Waals surface area contributed by atoms with E-state index in [1.54, 1.807) is 23.9 Å². The quantitative estimate of drug-likeness (QED) is 0.654. The highest BCUT2D eigenvalue weighted by Crippen LogP contribution is 2.21. The van der Waals surface area contributed by atoms with Crippen LogP contribution in [0.2, 0.25) is 0 Å². The number of carbonyl (C=O) groups is 2. The summed E-state index contributed by atoms with van der Waals surface area (Å²) in [4.78, 5) is 22.9. The van der Waals surface area contributed by atoms with Gasteiger partial charge in [0.15, 0.2) is 0 Å².